The number of hydrogen-bond donors (Lipinski definition) is 0. The predicted octanol–water partition coefficient (Wildman–Crippen LogP) is 4.94. The molecule has 0 aliphatic rings. The summed E-state index contributed by atoms with van der Waals surface area (Å²) in [4.78, 5) is 1.15. The van der Waals surface area contributed by atoms with E-state index in [0.717, 1.165) is 37.6 Å². The van der Waals surface area contributed by atoms with Gasteiger partial charge in [0.1, 0.15) is 0 Å². The third-order valence-electron chi connectivity index (χ3n) is 3.58. The Balaban J connectivity index is 2.09. The molecule has 0 heterocycles. The maximum atomic E-state index is 12.7. The van der Waals surface area contributed by atoms with E-state index < -0.39 is 8.87 Å². The first-order valence-corrected chi connectivity index (χ1v) is 9.78. The van der Waals surface area contributed by atoms with E-state index in [1.807, 2.05) is 62.4 Å². The van der Waals surface area contributed by atoms with Crippen LogP contribution in [0.2, 0.25) is 0 Å². The van der Waals surface area contributed by atoms with Crippen molar-refractivity contribution < 1.29 is 8.42 Å². The van der Waals surface area contributed by atoms with Gasteiger partial charge in [0.2, 0.25) is 8.87 Å². The van der Waals surface area contributed by atoms with E-state index in [0.29, 0.717) is 4.90 Å². The van der Waals surface area contributed by atoms with Gasteiger partial charge in [0.25, 0.3) is 0 Å². The molecule has 2 nitrogen and oxygen atoms in total. The molecule has 4 heteroatoms. The summed E-state index contributed by atoms with van der Waals surface area (Å²) in [5.41, 5.74) is 2.02. The van der Waals surface area contributed by atoms with E-state index in [-0.39, 0.29) is 0 Å². The number of fused-ring (bicyclic) bond motifs is 1. The summed E-state index contributed by atoms with van der Waals surface area (Å²) in [6.07, 6.45) is 0. The molecule has 0 amide bonds. The van der Waals surface area contributed by atoms with Gasteiger partial charge in [0, 0.05) is 15.7 Å². The Morgan fingerprint density at radius 2 is 1.50 bits per heavy atom. The Morgan fingerprint density at radius 3 is 2.23 bits per heavy atom. The fraction of sp³-hybridized carbons (Fsp3) is 0.111. The number of benzene rings is 3. The van der Waals surface area contributed by atoms with Gasteiger partial charge in [-0.1, -0.05) is 54.1 Å². The second-order valence-electron chi connectivity index (χ2n) is 5.28. The lowest BCUT2D eigenvalue weighted by Gasteiger charge is -2.10. The van der Waals surface area contributed by atoms with Crippen LogP contribution in [0.5, 0.6) is 0 Å². The molecule has 3 rings (SSSR count). The second-order valence-corrected chi connectivity index (χ2v) is 9.05. The van der Waals surface area contributed by atoms with Gasteiger partial charge < -0.3 is 0 Å². The van der Waals surface area contributed by atoms with Crippen LogP contribution in [0.15, 0.2) is 70.5 Å². The van der Waals surface area contributed by atoms with Gasteiger partial charge in [-0.2, -0.15) is 0 Å². The average molecular weight is 328 g/mol. The quantitative estimate of drug-likeness (QED) is 0.639. The van der Waals surface area contributed by atoms with Crippen LogP contribution in [0.3, 0.4) is 0 Å². The molecule has 3 aromatic rings. The summed E-state index contributed by atoms with van der Waals surface area (Å²) in [5, 5.41) is 2.03. The summed E-state index contributed by atoms with van der Waals surface area (Å²) in [7, 11) is -2.49. The van der Waals surface area contributed by atoms with Crippen molar-refractivity contribution in [2.24, 2.45) is 0 Å². The van der Waals surface area contributed by atoms with Crippen molar-refractivity contribution >= 4 is 30.4 Å². The topological polar surface area (TPSA) is 34.1 Å². The summed E-state index contributed by atoms with van der Waals surface area (Å²) < 4.78 is 25.3. The van der Waals surface area contributed by atoms with Crippen LogP contribution in [0, 0.1) is 13.8 Å². The molecule has 0 bridgehead atoms. The molecule has 0 N–H and O–H groups in total. The number of aryl methyl sites for hydroxylation is 2. The molecular weight excluding hydrogens is 312 g/mol. The largest absolute Gasteiger partial charge is 0.234 e. The van der Waals surface area contributed by atoms with E-state index in [1.54, 1.807) is 12.1 Å². The second kappa shape index (κ2) is 5.78. The van der Waals surface area contributed by atoms with Crippen LogP contribution in [-0.4, -0.2) is 8.42 Å². The molecule has 0 fully saturated rings. The molecule has 112 valence electrons. The standard InChI is InChI=1S/C18H16O2S2/c1-13-7-11-16(12-8-13)22(19,20)21-18-14(2)9-10-15-5-3-4-6-17(15)18/h3-12H,1-2H3. The minimum absolute atomic E-state index is 0.343. The third kappa shape index (κ3) is 2.89. The van der Waals surface area contributed by atoms with Crippen LogP contribution in [-0.2, 0) is 8.87 Å². The van der Waals surface area contributed by atoms with E-state index in [1.165, 1.54) is 0 Å². The molecule has 0 aliphatic carbocycles. The summed E-state index contributed by atoms with van der Waals surface area (Å²) in [5.74, 6) is 0. The molecule has 0 saturated heterocycles. The van der Waals surface area contributed by atoms with Crippen molar-refractivity contribution in [3.8, 4) is 0 Å². The first kappa shape index (κ1) is 15.1. The first-order valence-electron chi connectivity index (χ1n) is 6.97. The SMILES string of the molecule is Cc1ccc(S(=O)(=O)Sc2c(C)ccc3ccccc23)cc1. The average Bonchev–Trinajstić information content (AvgIpc) is 2.50. The zero-order valence-corrected chi connectivity index (χ0v) is 14.0. The molecule has 0 aliphatic heterocycles. The van der Waals surface area contributed by atoms with Gasteiger partial charge in [0.15, 0.2) is 0 Å². The molecule has 0 radical (unpaired) electrons. The zero-order chi connectivity index (χ0) is 15.7. The maximum Gasteiger partial charge on any atom is 0.234 e. The Kier molecular flexibility index (Phi) is 3.98. The van der Waals surface area contributed by atoms with Crippen molar-refractivity contribution in [2.75, 3.05) is 0 Å². The Morgan fingerprint density at radius 1 is 0.818 bits per heavy atom. The lowest BCUT2D eigenvalue weighted by Crippen LogP contribution is -1.96. The van der Waals surface area contributed by atoms with Crippen molar-refractivity contribution in [3.63, 3.8) is 0 Å². The summed E-state index contributed by atoms with van der Waals surface area (Å²) in [6.45, 7) is 3.89. The highest BCUT2D eigenvalue weighted by Gasteiger charge is 2.19. The molecule has 0 spiro atoms. The monoisotopic (exact) mass is 328 g/mol. The highest BCUT2D eigenvalue weighted by Crippen LogP contribution is 2.37. The molecule has 0 atom stereocenters. The van der Waals surface area contributed by atoms with E-state index in [4.69, 9.17) is 0 Å². The number of rotatable bonds is 3. The van der Waals surface area contributed by atoms with Crippen LogP contribution >= 0.6 is 10.8 Å². The molecule has 0 saturated carbocycles. The highest BCUT2D eigenvalue weighted by molar-refractivity contribution is 8.72. The third-order valence-corrected chi connectivity index (χ3v) is 7.09. The highest BCUT2D eigenvalue weighted by atomic mass is 33.1. The molecule has 3 aromatic carbocycles. The summed E-state index contributed by atoms with van der Waals surface area (Å²) in [6, 6.07) is 18.8. The molecule has 0 unspecified atom stereocenters. The van der Waals surface area contributed by atoms with Gasteiger partial charge >= 0.3 is 0 Å². The van der Waals surface area contributed by atoms with Gasteiger partial charge in [-0.25, -0.2) is 8.42 Å². The summed E-state index contributed by atoms with van der Waals surface area (Å²) >= 11 is 0. The van der Waals surface area contributed by atoms with Crippen LogP contribution < -0.4 is 0 Å². The van der Waals surface area contributed by atoms with Crippen molar-refractivity contribution in [3.05, 3.63) is 71.8 Å². The van der Waals surface area contributed by atoms with Gasteiger partial charge in [-0.05, 0) is 42.3 Å². The Labute approximate surface area is 134 Å². The molecule has 0 aromatic heterocycles. The fourth-order valence-electron chi connectivity index (χ4n) is 2.33. The van der Waals surface area contributed by atoms with Crippen LogP contribution in [0.1, 0.15) is 11.1 Å². The smallest absolute Gasteiger partial charge is 0.212 e. The van der Waals surface area contributed by atoms with Crippen LogP contribution in [0.4, 0.5) is 0 Å². The van der Waals surface area contributed by atoms with E-state index >= 15 is 0 Å². The maximum absolute atomic E-state index is 12.7. The van der Waals surface area contributed by atoms with Crippen LogP contribution in [0.25, 0.3) is 10.8 Å². The lowest BCUT2D eigenvalue weighted by molar-refractivity contribution is 0.610. The first-order chi connectivity index (χ1) is 10.5. The Hall–Kier alpha value is -1.78. The normalized spacial score (nSPS) is 11.7. The van der Waals surface area contributed by atoms with Crippen molar-refractivity contribution in [2.45, 2.75) is 23.6 Å². The van der Waals surface area contributed by atoms with Gasteiger partial charge in [-0.3, -0.25) is 0 Å². The minimum atomic E-state index is -3.43. The van der Waals surface area contributed by atoms with Gasteiger partial charge in [0.05, 0.1) is 4.90 Å². The van der Waals surface area contributed by atoms with E-state index in [2.05, 4.69) is 0 Å². The van der Waals surface area contributed by atoms with Crippen molar-refractivity contribution in [1.82, 2.24) is 0 Å². The lowest BCUT2D eigenvalue weighted by atomic mass is 10.1. The molecular formula is C18H16O2S2. The molecule has 22 heavy (non-hydrogen) atoms. The van der Waals surface area contributed by atoms with Crippen molar-refractivity contribution in [1.29, 1.82) is 0 Å². The fourth-order valence-corrected chi connectivity index (χ4v) is 5.53. The predicted molar refractivity (Wildman–Crippen MR) is 92.9 cm³/mol. The minimum Gasteiger partial charge on any atom is -0.212 e. The van der Waals surface area contributed by atoms with E-state index in [9.17, 15) is 8.42 Å². The van der Waals surface area contributed by atoms with Gasteiger partial charge in [-0.15, -0.1) is 0 Å². The number of hydrogen-bond acceptors (Lipinski definition) is 3. The Bertz CT molecular complexity index is 927. The zero-order valence-electron chi connectivity index (χ0n) is 12.4.